The Labute approximate surface area is 112 Å². The lowest BCUT2D eigenvalue weighted by Crippen LogP contribution is -2.23. The second-order valence-electron chi connectivity index (χ2n) is 5.34. The normalized spacial score (nSPS) is 24.4. The first kappa shape index (κ1) is 10.8. The molecule has 0 aromatic heterocycles. The van der Waals surface area contributed by atoms with Crippen LogP contribution < -0.4 is 0 Å². The maximum Gasteiger partial charge on any atom is 0.254 e. The van der Waals surface area contributed by atoms with Crippen molar-refractivity contribution < 1.29 is 4.79 Å². The van der Waals surface area contributed by atoms with Crippen LogP contribution in [0.2, 0.25) is 0 Å². The lowest BCUT2D eigenvalue weighted by Gasteiger charge is -2.21. The van der Waals surface area contributed by atoms with Crippen LogP contribution in [0.3, 0.4) is 0 Å². The predicted octanol–water partition coefficient (Wildman–Crippen LogP) is 3.37. The van der Waals surface area contributed by atoms with Gasteiger partial charge in [-0.15, -0.1) is 0 Å². The van der Waals surface area contributed by atoms with Crippen LogP contribution in [0.15, 0.2) is 54.6 Å². The van der Waals surface area contributed by atoms with Crippen molar-refractivity contribution in [2.24, 2.45) is 0 Å². The molecule has 2 aromatic carbocycles. The van der Waals surface area contributed by atoms with E-state index in [0.29, 0.717) is 5.92 Å². The molecule has 0 bridgehead atoms. The summed E-state index contributed by atoms with van der Waals surface area (Å²) in [5, 5.41) is 0. The Morgan fingerprint density at radius 3 is 2.53 bits per heavy atom. The molecule has 2 aliphatic heterocycles. The van der Waals surface area contributed by atoms with Crippen LogP contribution in [-0.4, -0.2) is 17.4 Å². The maximum absolute atomic E-state index is 12.4. The van der Waals surface area contributed by atoms with Crippen molar-refractivity contribution in [1.82, 2.24) is 4.90 Å². The van der Waals surface area contributed by atoms with Crippen LogP contribution in [0.25, 0.3) is 0 Å². The molecule has 94 valence electrons. The van der Waals surface area contributed by atoms with Gasteiger partial charge < -0.3 is 4.90 Å². The van der Waals surface area contributed by atoms with Crippen molar-refractivity contribution in [3.05, 3.63) is 71.3 Å². The highest BCUT2D eigenvalue weighted by Crippen LogP contribution is 2.49. The molecule has 2 unspecified atom stereocenters. The Morgan fingerprint density at radius 1 is 0.947 bits per heavy atom. The van der Waals surface area contributed by atoms with E-state index in [1.54, 1.807) is 0 Å². The largest absolute Gasteiger partial charge is 0.331 e. The molecule has 1 saturated heterocycles. The van der Waals surface area contributed by atoms with Crippen LogP contribution >= 0.6 is 0 Å². The molecule has 0 radical (unpaired) electrons. The van der Waals surface area contributed by atoms with Crippen molar-refractivity contribution in [2.45, 2.75) is 18.4 Å². The van der Waals surface area contributed by atoms with Crippen molar-refractivity contribution >= 4 is 5.91 Å². The third-order valence-corrected chi connectivity index (χ3v) is 4.40. The predicted molar refractivity (Wildman–Crippen MR) is 74.0 cm³/mol. The number of amides is 1. The molecule has 0 saturated carbocycles. The number of benzene rings is 2. The molecule has 0 spiro atoms. The molecule has 2 atom stereocenters. The standard InChI is InChI=1S/C17H15NO/c19-17-15-9-5-4-8-14(15)16-13(10-11-18(16)17)12-6-2-1-3-7-12/h1-9,13,16H,10-11H2. The van der Waals surface area contributed by atoms with Crippen molar-refractivity contribution in [1.29, 1.82) is 0 Å². The van der Waals surface area contributed by atoms with Gasteiger partial charge in [-0.25, -0.2) is 0 Å². The molecular weight excluding hydrogens is 234 g/mol. The summed E-state index contributed by atoms with van der Waals surface area (Å²) in [7, 11) is 0. The summed E-state index contributed by atoms with van der Waals surface area (Å²) in [4.78, 5) is 14.4. The summed E-state index contributed by atoms with van der Waals surface area (Å²) in [5.74, 6) is 0.646. The quantitative estimate of drug-likeness (QED) is 0.758. The number of nitrogens with zero attached hydrogens (tertiary/aromatic N) is 1. The van der Waals surface area contributed by atoms with Gasteiger partial charge in [0, 0.05) is 18.0 Å². The van der Waals surface area contributed by atoms with Crippen LogP contribution in [0.1, 0.15) is 39.9 Å². The number of hydrogen-bond donors (Lipinski definition) is 0. The fraction of sp³-hybridized carbons (Fsp3) is 0.235. The van der Waals surface area contributed by atoms with Crippen molar-refractivity contribution in [2.75, 3.05) is 6.54 Å². The van der Waals surface area contributed by atoms with E-state index in [9.17, 15) is 4.79 Å². The van der Waals surface area contributed by atoms with E-state index < -0.39 is 0 Å². The summed E-state index contributed by atoms with van der Waals surface area (Å²) in [5.41, 5.74) is 3.45. The monoisotopic (exact) mass is 249 g/mol. The number of carbonyl (C=O) groups excluding carboxylic acids is 1. The van der Waals surface area contributed by atoms with E-state index >= 15 is 0 Å². The fourth-order valence-electron chi connectivity index (χ4n) is 3.56. The molecular formula is C17H15NO. The Balaban J connectivity index is 1.82. The number of fused-ring (bicyclic) bond motifs is 3. The zero-order valence-corrected chi connectivity index (χ0v) is 10.6. The smallest absolute Gasteiger partial charge is 0.254 e. The first-order valence-corrected chi connectivity index (χ1v) is 6.81. The average Bonchev–Trinajstić information content (AvgIpc) is 3.02. The van der Waals surface area contributed by atoms with E-state index in [1.165, 1.54) is 11.1 Å². The van der Waals surface area contributed by atoms with Gasteiger partial charge in [0.2, 0.25) is 0 Å². The Morgan fingerprint density at radius 2 is 1.68 bits per heavy atom. The second-order valence-corrected chi connectivity index (χ2v) is 5.34. The van der Waals surface area contributed by atoms with E-state index in [2.05, 4.69) is 30.3 Å². The minimum atomic E-state index is 0.207. The molecule has 2 heteroatoms. The Hall–Kier alpha value is -2.09. The first-order chi connectivity index (χ1) is 9.36. The highest BCUT2D eigenvalue weighted by molar-refractivity contribution is 5.99. The molecule has 4 rings (SSSR count). The minimum absolute atomic E-state index is 0.207. The third kappa shape index (κ3) is 1.46. The van der Waals surface area contributed by atoms with Gasteiger partial charge in [0.05, 0.1) is 6.04 Å². The van der Waals surface area contributed by atoms with Crippen molar-refractivity contribution in [3.63, 3.8) is 0 Å². The Kier molecular flexibility index (Phi) is 2.25. The van der Waals surface area contributed by atoms with E-state index in [-0.39, 0.29) is 11.9 Å². The molecule has 2 aromatic rings. The summed E-state index contributed by atoms with van der Waals surface area (Å²) < 4.78 is 0. The second kappa shape index (κ2) is 3.95. The summed E-state index contributed by atoms with van der Waals surface area (Å²) in [6.45, 7) is 0.873. The molecule has 1 amide bonds. The molecule has 19 heavy (non-hydrogen) atoms. The van der Waals surface area contributed by atoms with E-state index in [1.807, 2.05) is 29.2 Å². The van der Waals surface area contributed by atoms with Crippen molar-refractivity contribution in [3.8, 4) is 0 Å². The topological polar surface area (TPSA) is 20.3 Å². The Bertz CT molecular complexity index is 635. The molecule has 0 aliphatic carbocycles. The van der Waals surface area contributed by atoms with Crippen LogP contribution in [0.5, 0.6) is 0 Å². The summed E-state index contributed by atoms with van der Waals surface area (Å²) >= 11 is 0. The van der Waals surface area contributed by atoms with E-state index in [4.69, 9.17) is 0 Å². The van der Waals surface area contributed by atoms with Crippen LogP contribution in [0, 0.1) is 0 Å². The third-order valence-electron chi connectivity index (χ3n) is 4.40. The maximum atomic E-state index is 12.4. The van der Waals surface area contributed by atoms with Gasteiger partial charge in [-0.2, -0.15) is 0 Å². The lowest BCUT2D eigenvalue weighted by molar-refractivity contribution is 0.0772. The number of hydrogen-bond acceptors (Lipinski definition) is 1. The zero-order chi connectivity index (χ0) is 12.8. The van der Waals surface area contributed by atoms with Gasteiger partial charge in [-0.05, 0) is 23.6 Å². The molecule has 2 aliphatic rings. The average molecular weight is 249 g/mol. The SMILES string of the molecule is O=C1c2ccccc2C2C(c3ccccc3)CCN12. The van der Waals surface area contributed by atoms with E-state index in [0.717, 1.165) is 18.5 Å². The van der Waals surface area contributed by atoms with Gasteiger partial charge in [-0.1, -0.05) is 48.5 Å². The number of carbonyl (C=O) groups is 1. The van der Waals surface area contributed by atoms with Crippen LogP contribution in [-0.2, 0) is 0 Å². The molecule has 2 heterocycles. The zero-order valence-electron chi connectivity index (χ0n) is 10.6. The number of rotatable bonds is 1. The molecule has 0 N–H and O–H groups in total. The summed E-state index contributed by atoms with van der Waals surface area (Å²) in [6.07, 6.45) is 1.06. The molecule has 1 fully saturated rings. The van der Waals surface area contributed by atoms with Crippen LogP contribution in [0.4, 0.5) is 0 Å². The fourth-order valence-corrected chi connectivity index (χ4v) is 3.56. The van der Waals surface area contributed by atoms with Gasteiger partial charge in [-0.3, -0.25) is 4.79 Å². The van der Waals surface area contributed by atoms with Gasteiger partial charge >= 0.3 is 0 Å². The first-order valence-electron chi connectivity index (χ1n) is 6.81. The van der Waals surface area contributed by atoms with Gasteiger partial charge in [0.1, 0.15) is 0 Å². The van der Waals surface area contributed by atoms with Gasteiger partial charge in [0.25, 0.3) is 5.91 Å². The van der Waals surface area contributed by atoms with Gasteiger partial charge in [0.15, 0.2) is 0 Å². The highest BCUT2D eigenvalue weighted by Gasteiger charge is 2.45. The highest BCUT2D eigenvalue weighted by atomic mass is 16.2. The minimum Gasteiger partial charge on any atom is -0.331 e. The summed E-state index contributed by atoms with van der Waals surface area (Å²) in [6, 6.07) is 18.9. The molecule has 2 nitrogen and oxygen atoms in total. The lowest BCUT2D eigenvalue weighted by atomic mass is 9.87.